The fourth-order valence-corrected chi connectivity index (χ4v) is 8.03. The minimum Gasteiger partial charge on any atom is -0.449 e. The lowest BCUT2D eigenvalue weighted by molar-refractivity contribution is -0.107. The molecule has 4 heteroatoms. The Morgan fingerprint density at radius 1 is 0.387 bits per heavy atom. The minimum absolute atomic E-state index is 0.101. The Morgan fingerprint density at radius 2 is 0.581 bits per heavy atom. The highest BCUT2D eigenvalue weighted by Crippen LogP contribution is 2.37. The predicted octanol–water partition coefficient (Wildman–Crippen LogP) is 9.27. The topological polar surface area (TPSA) is 27.7 Å². The summed E-state index contributed by atoms with van der Waals surface area (Å²) in [7, 11) is 0. The van der Waals surface area contributed by atoms with Crippen LogP contribution in [0.1, 0.15) is 159 Å². The third-order valence-electron chi connectivity index (χ3n) is 7.21. The Labute approximate surface area is 201 Å². The molecule has 0 amide bonds. The van der Waals surface area contributed by atoms with Gasteiger partial charge in [0.15, 0.2) is 0 Å². The first kappa shape index (κ1) is 31.4. The van der Waals surface area contributed by atoms with E-state index < -0.39 is 15.1 Å². The number of rotatable bonds is 21. The molecule has 0 aromatic rings. The van der Waals surface area contributed by atoms with Gasteiger partial charge in [-0.1, -0.05) is 101 Å². The minimum atomic E-state index is -2.35. The monoisotopic (exact) mass is 456 g/mol. The summed E-state index contributed by atoms with van der Waals surface area (Å²) in [6.45, 7) is 20.5. The molecule has 31 heavy (non-hydrogen) atoms. The molecule has 0 saturated carbocycles. The Morgan fingerprint density at radius 3 is 0.710 bits per heavy atom. The molecule has 0 radical (unpaired) electrons. The lowest BCUT2D eigenvalue weighted by atomic mass is 9.90. The zero-order valence-electron chi connectivity index (χ0n) is 22.9. The predicted molar refractivity (Wildman–Crippen MR) is 138 cm³/mol. The molecule has 0 aromatic carbocycles. The summed E-state index contributed by atoms with van der Waals surface area (Å²) in [5.74, 6) is 0. The third kappa shape index (κ3) is 10.5. The van der Waals surface area contributed by atoms with Crippen LogP contribution in [0, 0.1) is 0 Å². The van der Waals surface area contributed by atoms with Crippen molar-refractivity contribution in [2.75, 3.05) is 0 Å². The molecule has 0 aromatic heterocycles. The summed E-state index contributed by atoms with van der Waals surface area (Å²) in [5.41, 5.74) is -0.303. The zero-order valence-corrected chi connectivity index (χ0v) is 24.1. The van der Waals surface area contributed by atoms with Crippen molar-refractivity contribution >= 4 is 15.1 Å². The van der Waals surface area contributed by atoms with Crippen LogP contribution in [0.15, 0.2) is 0 Å². The van der Waals surface area contributed by atoms with Crippen LogP contribution in [-0.2, 0) is 11.4 Å². The maximum Gasteiger partial charge on any atom is 0.906 e. The van der Waals surface area contributed by atoms with E-state index in [0.717, 1.165) is 96.3 Å². The summed E-state index contributed by atoms with van der Waals surface area (Å²) in [6, 6.07) is 0. The van der Waals surface area contributed by atoms with Crippen LogP contribution in [0.25, 0.3) is 0 Å². The molecule has 186 valence electrons. The molecule has 0 spiro atoms. The summed E-state index contributed by atoms with van der Waals surface area (Å²) in [4.78, 5) is 0. The van der Waals surface area contributed by atoms with Gasteiger partial charge in [0, 0.05) is 16.8 Å². The van der Waals surface area contributed by atoms with Crippen molar-refractivity contribution in [3.05, 3.63) is 0 Å². The van der Waals surface area contributed by atoms with Gasteiger partial charge >= 0.3 is 15.1 Å². The molecule has 0 fully saturated rings. The average molecular weight is 457 g/mol. The first-order valence-corrected chi connectivity index (χ1v) is 15.3. The second-order valence-electron chi connectivity index (χ2n) is 9.75. The van der Waals surface area contributed by atoms with Crippen LogP contribution in [0.4, 0.5) is 0 Å². The zero-order chi connectivity index (χ0) is 23.8. The first-order valence-electron chi connectivity index (χ1n) is 13.9. The van der Waals surface area contributed by atoms with Gasteiger partial charge in [-0.25, -0.2) is 0 Å². The highest BCUT2D eigenvalue weighted by molar-refractivity contribution is 6.37. The van der Waals surface area contributed by atoms with Gasteiger partial charge in [-0.2, -0.15) is 0 Å². The molecule has 0 unspecified atom stereocenters. The standard InChI is InChI=1S/3C9H19O.Al/c3*1-4-7-9(10,6-3)8-5-2;/h3*4-8H2,1-3H3;/q3*-1;+3. The van der Waals surface area contributed by atoms with E-state index in [1.807, 2.05) is 0 Å². The van der Waals surface area contributed by atoms with Crippen LogP contribution >= 0.6 is 0 Å². The Bertz CT molecular complexity index is 347. The molecule has 0 aliphatic carbocycles. The van der Waals surface area contributed by atoms with Gasteiger partial charge in [0.2, 0.25) is 0 Å². The second kappa shape index (κ2) is 16.9. The number of hydrogen-bond donors (Lipinski definition) is 0. The SMILES string of the molecule is CCCC(CC)(CCC)[O][Al]([O]C(CC)(CCC)CCC)[O]C(CC)(CCC)CCC. The van der Waals surface area contributed by atoms with E-state index in [9.17, 15) is 0 Å². The van der Waals surface area contributed by atoms with E-state index in [4.69, 9.17) is 11.4 Å². The van der Waals surface area contributed by atoms with Crippen molar-refractivity contribution < 1.29 is 11.4 Å². The molecular formula is C27H57AlO3. The van der Waals surface area contributed by atoms with E-state index in [0.29, 0.717) is 0 Å². The summed E-state index contributed by atoms with van der Waals surface area (Å²) in [6.07, 6.45) is 16.5. The lowest BCUT2D eigenvalue weighted by Gasteiger charge is -2.43. The van der Waals surface area contributed by atoms with Gasteiger partial charge in [-0.05, 0) is 57.8 Å². The molecule has 0 atom stereocenters. The van der Waals surface area contributed by atoms with E-state index in [1.165, 1.54) is 0 Å². The van der Waals surface area contributed by atoms with E-state index in [2.05, 4.69) is 62.3 Å². The van der Waals surface area contributed by atoms with Crippen molar-refractivity contribution in [1.29, 1.82) is 0 Å². The molecule has 0 saturated heterocycles. The molecule has 0 aliphatic rings. The quantitative estimate of drug-likeness (QED) is 0.161. The van der Waals surface area contributed by atoms with Crippen molar-refractivity contribution in [3.63, 3.8) is 0 Å². The fraction of sp³-hybridized carbons (Fsp3) is 1.00. The normalized spacial score (nSPS) is 13.1. The summed E-state index contributed by atoms with van der Waals surface area (Å²) < 4.78 is 21.2. The van der Waals surface area contributed by atoms with Gasteiger partial charge in [-0.15, -0.1) is 0 Å². The van der Waals surface area contributed by atoms with E-state index in [-0.39, 0.29) is 16.8 Å². The number of hydrogen-bond acceptors (Lipinski definition) is 3. The summed E-state index contributed by atoms with van der Waals surface area (Å²) in [5, 5.41) is 0. The third-order valence-corrected chi connectivity index (χ3v) is 9.28. The van der Waals surface area contributed by atoms with Crippen molar-refractivity contribution in [2.45, 2.75) is 175 Å². The van der Waals surface area contributed by atoms with Crippen molar-refractivity contribution in [1.82, 2.24) is 0 Å². The molecule has 0 rings (SSSR count). The molecule has 0 bridgehead atoms. The molecule has 0 N–H and O–H groups in total. The van der Waals surface area contributed by atoms with Gasteiger partial charge in [-0.3, -0.25) is 0 Å². The van der Waals surface area contributed by atoms with Crippen molar-refractivity contribution in [2.24, 2.45) is 0 Å². The maximum atomic E-state index is 7.06. The summed E-state index contributed by atoms with van der Waals surface area (Å²) >= 11 is -2.35. The molecular weight excluding hydrogens is 399 g/mol. The van der Waals surface area contributed by atoms with Gasteiger partial charge < -0.3 is 11.4 Å². The fourth-order valence-electron chi connectivity index (χ4n) is 5.46. The van der Waals surface area contributed by atoms with Crippen molar-refractivity contribution in [3.8, 4) is 0 Å². The van der Waals surface area contributed by atoms with Gasteiger partial charge in [0.05, 0.1) is 0 Å². The first-order chi connectivity index (χ1) is 14.8. The van der Waals surface area contributed by atoms with E-state index >= 15 is 0 Å². The lowest BCUT2D eigenvalue weighted by Crippen LogP contribution is -2.51. The Balaban J connectivity index is 6.12. The molecule has 0 heterocycles. The van der Waals surface area contributed by atoms with Gasteiger partial charge in [0.25, 0.3) is 0 Å². The highest BCUT2D eigenvalue weighted by atomic mass is 27.3. The smallest absolute Gasteiger partial charge is 0.449 e. The molecule has 3 nitrogen and oxygen atoms in total. The Hall–Kier alpha value is 0.412. The van der Waals surface area contributed by atoms with Crippen LogP contribution in [0.3, 0.4) is 0 Å². The van der Waals surface area contributed by atoms with Crippen LogP contribution in [-0.4, -0.2) is 32.0 Å². The van der Waals surface area contributed by atoms with Crippen LogP contribution in [0.2, 0.25) is 0 Å². The Kier molecular flexibility index (Phi) is 17.2. The van der Waals surface area contributed by atoms with Crippen LogP contribution < -0.4 is 0 Å². The molecule has 0 aliphatic heterocycles. The van der Waals surface area contributed by atoms with Crippen LogP contribution in [0.5, 0.6) is 0 Å². The maximum absolute atomic E-state index is 7.06. The highest BCUT2D eigenvalue weighted by Gasteiger charge is 2.49. The second-order valence-corrected chi connectivity index (χ2v) is 11.0. The van der Waals surface area contributed by atoms with Gasteiger partial charge in [0.1, 0.15) is 0 Å². The van der Waals surface area contributed by atoms with E-state index in [1.54, 1.807) is 0 Å². The largest absolute Gasteiger partial charge is 0.906 e. The average Bonchev–Trinajstić information content (AvgIpc) is 2.74.